The first kappa shape index (κ1) is 14.7. The quantitative estimate of drug-likeness (QED) is 0.899. The molecular weight excluding hydrogens is 304 g/mol. The predicted octanol–water partition coefficient (Wildman–Crippen LogP) is 1.89. The van der Waals surface area contributed by atoms with Crippen molar-refractivity contribution in [2.75, 3.05) is 13.1 Å². The van der Waals surface area contributed by atoms with E-state index in [9.17, 15) is 9.59 Å². The van der Waals surface area contributed by atoms with Crippen molar-refractivity contribution in [3.63, 3.8) is 0 Å². The normalized spacial score (nSPS) is 16.0. The van der Waals surface area contributed by atoms with Gasteiger partial charge in [-0.05, 0) is 25.8 Å². The number of carbonyl (C=O) groups excluding carboxylic acids is 1. The Kier molecular flexibility index (Phi) is 3.93. The Morgan fingerprint density at radius 1 is 1.41 bits per heavy atom. The van der Waals surface area contributed by atoms with Crippen LogP contribution in [-0.4, -0.2) is 50.2 Å². The molecule has 0 atom stereocenters. The summed E-state index contributed by atoms with van der Waals surface area (Å²) in [5.41, 5.74) is 1.31. The number of carbonyl (C=O) groups is 2. The van der Waals surface area contributed by atoms with Crippen LogP contribution >= 0.6 is 11.3 Å². The lowest BCUT2D eigenvalue weighted by molar-refractivity contribution is 0.0695. The first-order valence-electron chi connectivity index (χ1n) is 7.05. The van der Waals surface area contributed by atoms with Gasteiger partial charge in [0.1, 0.15) is 10.6 Å². The van der Waals surface area contributed by atoms with Crippen molar-refractivity contribution in [3.8, 4) is 0 Å². The lowest BCUT2D eigenvalue weighted by Crippen LogP contribution is -2.38. The van der Waals surface area contributed by atoms with E-state index in [0.29, 0.717) is 18.8 Å². The number of aromatic amines is 1. The van der Waals surface area contributed by atoms with Gasteiger partial charge in [-0.2, -0.15) is 5.10 Å². The number of likely N-dealkylation sites (tertiary alicyclic amines) is 1. The van der Waals surface area contributed by atoms with Crippen LogP contribution in [0.15, 0.2) is 12.3 Å². The Balaban J connectivity index is 1.62. The number of aromatic carboxylic acids is 1. The van der Waals surface area contributed by atoms with Crippen molar-refractivity contribution in [3.05, 3.63) is 33.5 Å². The van der Waals surface area contributed by atoms with E-state index in [4.69, 9.17) is 5.11 Å². The van der Waals surface area contributed by atoms with Crippen molar-refractivity contribution in [2.45, 2.75) is 25.7 Å². The molecule has 1 saturated heterocycles. The molecule has 1 amide bonds. The highest BCUT2D eigenvalue weighted by Crippen LogP contribution is 2.31. The van der Waals surface area contributed by atoms with E-state index >= 15 is 0 Å². The van der Waals surface area contributed by atoms with E-state index < -0.39 is 5.97 Å². The molecule has 116 valence electrons. The zero-order valence-corrected chi connectivity index (χ0v) is 12.9. The number of carboxylic acids is 1. The average molecular weight is 320 g/mol. The molecule has 0 unspecified atom stereocenters. The van der Waals surface area contributed by atoms with Crippen molar-refractivity contribution >= 4 is 23.2 Å². The fourth-order valence-electron chi connectivity index (χ4n) is 2.59. The van der Waals surface area contributed by atoms with Crippen LogP contribution in [0, 0.1) is 6.92 Å². The van der Waals surface area contributed by atoms with Crippen molar-refractivity contribution in [2.24, 2.45) is 0 Å². The summed E-state index contributed by atoms with van der Waals surface area (Å²) in [7, 11) is 0. The minimum atomic E-state index is -0.940. The maximum atomic E-state index is 12.3. The third-order valence-corrected chi connectivity index (χ3v) is 4.94. The predicted molar refractivity (Wildman–Crippen MR) is 80.3 cm³/mol. The molecule has 2 aromatic heterocycles. The van der Waals surface area contributed by atoms with Gasteiger partial charge in [0.05, 0.1) is 11.2 Å². The summed E-state index contributed by atoms with van der Waals surface area (Å²) in [6.07, 6.45) is 3.00. The number of aryl methyl sites for hydroxylation is 1. The van der Waals surface area contributed by atoms with Gasteiger partial charge < -0.3 is 10.0 Å². The minimum absolute atomic E-state index is 0.0619. The molecule has 3 rings (SSSR count). The molecule has 0 bridgehead atoms. The fraction of sp³-hybridized carbons (Fsp3) is 0.429. The Hall–Kier alpha value is -2.22. The number of rotatable bonds is 3. The summed E-state index contributed by atoms with van der Waals surface area (Å²) in [4.78, 5) is 29.5. The summed E-state index contributed by atoms with van der Waals surface area (Å²) in [6, 6.07) is 1.74. The SMILES string of the molecule is Cc1cc(C(=O)N2CCC(c3ncc(C(=O)O)s3)CC2)n[nH]1. The number of hydrogen-bond acceptors (Lipinski definition) is 5. The van der Waals surface area contributed by atoms with Gasteiger partial charge >= 0.3 is 5.97 Å². The van der Waals surface area contributed by atoms with E-state index in [1.807, 2.05) is 6.92 Å². The van der Waals surface area contributed by atoms with Crippen LogP contribution in [0.1, 0.15) is 49.6 Å². The van der Waals surface area contributed by atoms with Gasteiger partial charge in [0.25, 0.3) is 5.91 Å². The molecule has 1 aliphatic heterocycles. The molecule has 1 aliphatic rings. The highest BCUT2D eigenvalue weighted by molar-refractivity contribution is 7.13. The van der Waals surface area contributed by atoms with Crippen LogP contribution in [0.5, 0.6) is 0 Å². The molecule has 8 heteroatoms. The Labute approximate surface area is 131 Å². The lowest BCUT2D eigenvalue weighted by Gasteiger charge is -2.30. The van der Waals surface area contributed by atoms with Crippen LogP contribution in [0.25, 0.3) is 0 Å². The first-order valence-corrected chi connectivity index (χ1v) is 7.86. The van der Waals surface area contributed by atoms with Gasteiger partial charge in [-0.15, -0.1) is 11.3 Å². The number of carboxylic acid groups (broad SMARTS) is 1. The zero-order valence-electron chi connectivity index (χ0n) is 12.1. The van der Waals surface area contributed by atoms with Gasteiger partial charge in [-0.3, -0.25) is 9.89 Å². The van der Waals surface area contributed by atoms with Gasteiger partial charge in [-0.25, -0.2) is 9.78 Å². The summed E-state index contributed by atoms with van der Waals surface area (Å²) in [5.74, 6) is -0.776. The number of nitrogens with zero attached hydrogens (tertiary/aromatic N) is 3. The van der Waals surface area contributed by atoms with Gasteiger partial charge in [-0.1, -0.05) is 0 Å². The van der Waals surface area contributed by atoms with Gasteiger partial charge in [0, 0.05) is 24.7 Å². The number of H-pyrrole nitrogens is 1. The highest BCUT2D eigenvalue weighted by atomic mass is 32.1. The van der Waals surface area contributed by atoms with Crippen LogP contribution in [0.2, 0.25) is 0 Å². The highest BCUT2D eigenvalue weighted by Gasteiger charge is 2.27. The largest absolute Gasteiger partial charge is 0.477 e. The molecule has 2 N–H and O–H groups in total. The molecular formula is C14H16N4O3S. The summed E-state index contributed by atoms with van der Waals surface area (Å²) >= 11 is 1.23. The van der Waals surface area contributed by atoms with Crippen molar-refractivity contribution in [1.29, 1.82) is 0 Å². The van der Waals surface area contributed by atoms with Gasteiger partial charge in [0.15, 0.2) is 0 Å². The number of thiazole rings is 1. The molecule has 3 heterocycles. The molecule has 1 fully saturated rings. The summed E-state index contributed by atoms with van der Waals surface area (Å²) < 4.78 is 0. The third-order valence-electron chi connectivity index (χ3n) is 3.79. The van der Waals surface area contributed by atoms with Crippen LogP contribution in [-0.2, 0) is 0 Å². The molecule has 0 aromatic carbocycles. The first-order chi connectivity index (χ1) is 10.5. The van der Waals surface area contributed by atoms with Crippen LogP contribution in [0.4, 0.5) is 0 Å². The molecule has 0 aliphatic carbocycles. The number of aromatic nitrogens is 3. The molecule has 0 saturated carbocycles. The molecule has 0 spiro atoms. The third kappa shape index (κ3) is 2.87. The zero-order chi connectivity index (χ0) is 15.7. The molecule has 0 radical (unpaired) electrons. The summed E-state index contributed by atoms with van der Waals surface area (Å²) in [5, 5.41) is 16.6. The molecule has 22 heavy (non-hydrogen) atoms. The van der Waals surface area contributed by atoms with Crippen molar-refractivity contribution < 1.29 is 14.7 Å². The topological polar surface area (TPSA) is 99.2 Å². The standard InChI is InChI=1S/C14H16N4O3S/c1-8-6-10(17-16-8)13(19)18-4-2-9(3-5-18)12-15-7-11(22-12)14(20)21/h6-7,9H,2-5H2,1H3,(H,16,17)(H,20,21). The fourth-order valence-corrected chi connectivity index (χ4v) is 3.52. The van der Waals surface area contributed by atoms with E-state index in [-0.39, 0.29) is 16.7 Å². The second-order valence-electron chi connectivity index (χ2n) is 5.37. The number of nitrogens with one attached hydrogen (secondary N) is 1. The number of hydrogen-bond donors (Lipinski definition) is 2. The average Bonchev–Trinajstić information content (AvgIpc) is 3.16. The van der Waals surface area contributed by atoms with Crippen molar-refractivity contribution in [1.82, 2.24) is 20.1 Å². The van der Waals surface area contributed by atoms with Gasteiger partial charge in [0.2, 0.25) is 0 Å². The summed E-state index contributed by atoms with van der Waals surface area (Å²) in [6.45, 7) is 3.13. The Morgan fingerprint density at radius 3 is 2.68 bits per heavy atom. The van der Waals surface area contributed by atoms with Crippen LogP contribution < -0.4 is 0 Å². The second kappa shape index (κ2) is 5.88. The smallest absolute Gasteiger partial charge is 0.347 e. The van der Waals surface area contributed by atoms with Crippen LogP contribution in [0.3, 0.4) is 0 Å². The maximum Gasteiger partial charge on any atom is 0.347 e. The minimum Gasteiger partial charge on any atom is -0.477 e. The monoisotopic (exact) mass is 320 g/mol. The Morgan fingerprint density at radius 2 is 2.14 bits per heavy atom. The maximum absolute atomic E-state index is 12.3. The Bertz CT molecular complexity index is 701. The van der Waals surface area contributed by atoms with E-state index in [1.54, 1.807) is 11.0 Å². The molecule has 7 nitrogen and oxygen atoms in total. The van der Waals surface area contributed by atoms with E-state index in [0.717, 1.165) is 23.5 Å². The number of amides is 1. The number of piperidine rings is 1. The lowest BCUT2D eigenvalue weighted by atomic mass is 9.97. The second-order valence-corrected chi connectivity index (χ2v) is 6.43. The molecule has 2 aromatic rings. The van der Waals surface area contributed by atoms with E-state index in [2.05, 4.69) is 15.2 Å². The van der Waals surface area contributed by atoms with E-state index in [1.165, 1.54) is 17.5 Å².